The highest BCUT2D eigenvalue weighted by Crippen LogP contribution is 2.31. The fourth-order valence-corrected chi connectivity index (χ4v) is 2.24. The number of hydrogen-bond acceptors (Lipinski definition) is 2. The van der Waals surface area contributed by atoms with Crippen molar-refractivity contribution in [3.8, 4) is 0 Å². The first-order valence-corrected chi connectivity index (χ1v) is 6.81. The summed E-state index contributed by atoms with van der Waals surface area (Å²) in [5.74, 6) is -0.134. The summed E-state index contributed by atoms with van der Waals surface area (Å²) in [5, 5.41) is 3.40. The third kappa shape index (κ3) is 3.65. The highest BCUT2D eigenvalue weighted by Gasteiger charge is 2.08. The number of carbonyl (C=O) groups excluding carboxylic acids is 1. The van der Waals surface area contributed by atoms with Crippen LogP contribution in [0.25, 0.3) is 0 Å². The van der Waals surface area contributed by atoms with E-state index in [9.17, 15) is 4.79 Å². The second-order valence-electron chi connectivity index (χ2n) is 4.56. The van der Waals surface area contributed by atoms with Crippen LogP contribution in [-0.4, -0.2) is 5.91 Å². The van der Waals surface area contributed by atoms with E-state index in [-0.39, 0.29) is 5.91 Å². The molecule has 0 bridgehead atoms. The third-order valence-electron chi connectivity index (χ3n) is 2.85. The quantitative estimate of drug-likeness (QED) is 0.840. The van der Waals surface area contributed by atoms with E-state index in [0.717, 1.165) is 11.1 Å². The molecule has 0 heterocycles. The molecule has 3 nitrogen and oxygen atoms in total. The summed E-state index contributed by atoms with van der Waals surface area (Å²) >= 11 is 11.8. The van der Waals surface area contributed by atoms with Crippen molar-refractivity contribution in [2.45, 2.75) is 13.3 Å². The van der Waals surface area contributed by atoms with Crippen LogP contribution in [0.4, 0.5) is 11.4 Å². The maximum Gasteiger partial charge on any atom is 0.228 e. The van der Waals surface area contributed by atoms with E-state index in [2.05, 4.69) is 5.32 Å². The standard InChI is InChI=1S/C15H14Cl2N2O/c1-9-2-4-10(5-3-9)6-14(20)19-11-7-12(16)15(18)13(17)8-11/h2-5,7-8H,6,18H2,1H3,(H,19,20). The molecule has 0 spiro atoms. The number of rotatable bonds is 3. The number of hydrogen-bond donors (Lipinski definition) is 2. The van der Waals surface area contributed by atoms with Gasteiger partial charge in [-0.1, -0.05) is 53.0 Å². The highest BCUT2D eigenvalue weighted by atomic mass is 35.5. The van der Waals surface area contributed by atoms with Crippen LogP contribution >= 0.6 is 23.2 Å². The van der Waals surface area contributed by atoms with E-state index in [0.29, 0.717) is 27.8 Å². The number of carbonyl (C=O) groups is 1. The molecule has 5 heteroatoms. The third-order valence-corrected chi connectivity index (χ3v) is 3.47. The molecule has 0 aliphatic heterocycles. The molecule has 0 aromatic heterocycles. The zero-order chi connectivity index (χ0) is 14.7. The molecule has 0 aliphatic rings. The molecule has 0 aliphatic carbocycles. The molecule has 0 saturated heterocycles. The molecule has 20 heavy (non-hydrogen) atoms. The molecular formula is C15H14Cl2N2O. The molecule has 0 fully saturated rings. The predicted octanol–water partition coefficient (Wildman–Crippen LogP) is 4.07. The number of nitrogens with two attached hydrogens (primary N) is 1. The molecular weight excluding hydrogens is 295 g/mol. The predicted molar refractivity (Wildman–Crippen MR) is 84.4 cm³/mol. The first-order chi connectivity index (χ1) is 9.45. The largest absolute Gasteiger partial charge is 0.396 e. The maximum atomic E-state index is 11.9. The number of amides is 1. The summed E-state index contributed by atoms with van der Waals surface area (Å²) in [5.41, 5.74) is 8.59. The first-order valence-electron chi connectivity index (χ1n) is 6.05. The Bertz CT molecular complexity index is 616. The van der Waals surface area contributed by atoms with Crippen molar-refractivity contribution in [1.82, 2.24) is 0 Å². The molecule has 1 amide bonds. The summed E-state index contributed by atoms with van der Waals surface area (Å²) in [7, 11) is 0. The monoisotopic (exact) mass is 308 g/mol. The Morgan fingerprint density at radius 2 is 1.70 bits per heavy atom. The fourth-order valence-electron chi connectivity index (χ4n) is 1.75. The summed E-state index contributed by atoms with van der Waals surface area (Å²) < 4.78 is 0. The van der Waals surface area contributed by atoms with E-state index in [4.69, 9.17) is 28.9 Å². The van der Waals surface area contributed by atoms with E-state index >= 15 is 0 Å². The van der Waals surface area contributed by atoms with E-state index in [1.807, 2.05) is 31.2 Å². The lowest BCUT2D eigenvalue weighted by molar-refractivity contribution is -0.115. The van der Waals surface area contributed by atoms with Gasteiger partial charge < -0.3 is 11.1 Å². The minimum atomic E-state index is -0.134. The number of nitrogens with one attached hydrogen (secondary N) is 1. The molecule has 2 aromatic carbocycles. The smallest absolute Gasteiger partial charge is 0.228 e. The lowest BCUT2D eigenvalue weighted by Gasteiger charge is -2.08. The Labute approximate surface area is 127 Å². The van der Waals surface area contributed by atoms with Gasteiger partial charge in [0, 0.05) is 5.69 Å². The molecule has 104 valence electrons. The van der Waals surface area contributed by atoms with Crippen molar-refractivity contribution in [2.24, 2.45) is 0 Å². The van der Waals surface area contributed by atoms with Gasteiger partial charge in [0.25, 0.3) is 0 Å². The molecule has 2 rings (SSSR count). The van der Waals surface area contributed by atoms with Crippen molar-refractivity contribution in [3.63, 3.8) is 0 Å². The van der Waals surface area contributed by atoms with Gasteiger partial charge in [0.05, 0.1) is 22.2 Å². The first kappa shape index (κ1) is 14.7. The van der Waals surface area contributed by atoms with Gasteiger partial charge in [-0.25, -0.2) is 0 Å². The maximum absolute atomic E-state index is 11.9. The van der Waals surface area contributed by atoms with Gasteiger partial charge in [0.15, 0.2) is 0 Å². The lowest BCUT2D eigenvalue weighted by atomic mass is 10.1. The average Bonchev–Trinajstić information content (AvgIpc) is 2.38. The minimum Gasteiger partial charge on any atom is -0.396 e. The van der Waals surface area contributed by atoms with Crippen LogP contribution in [0.2, 0.25) is 10.0 Å². The van der Waals surface area contributed by atoms with E-state index in [1.165, 1.54) is 0 Å². The molecule has 2 aromatic rings. The number of benzene rings is 2. The summed E-state index contributed by atoms with van der Waals surface area (Å²) in [6, 6.07) is 11.0. The van der Waals surface area contributed by atoms with Crippen LogP contribution < -0.4 is 11.1 Å². The van der Waals surface area contributed by atoms with Gasteiger partial charge in [-0.2, -0.15) is 0 Å². The van der Waals surface area contributed by atoms with Gasteiger partial charge in [-0.3, -0.25) is 4.79 Å². The van der Waals surface area contributed by atoms with E-state index < -0.39 is 0 Å². The number of anilines is 2. The molecule has 3 N–H and O–H groups in total. The Balaban J connectivity index is 2.06. The van der Waals surface area contributed by atoms with Gasteiger partial charge in [-0.15, -0.1) is 0 Å². The molecule has 0 radical (unpaired) electrons. The minimum absolute atomic E-state index is 0.134. The van der Waals surface area contributed by atoms with Crippen LogP contribution in [0.3, 0.4) is 0 Å². The van der Waals surface area contributed by atoms with Gasteiger partial charge >= 0.3 is 0 Å². The van der Waals surface area contributed by atoms with Crippen LogP contribution in [0.15, 0.2) is 36.4 Å². The second-order valence-corrected chi connectivity index (χ2v) is 5.38. The Kier molecular flexibility index (Phi) is 4.53. The van der Waals surface area contributed by atoms with E-state index in [1.54, 1.807) is 12.1 Å². The molecule has 0 saturated carbocycles. The summed E-state index contributed by atoms with van der Waals surface area (Å²) in [4.78, 5) is 11.9. The second kappa shape index (κ2) is 6.16. The number of halogens is 2. The SMILES string of the molecule is Cc1ccc(CC(=O)Nc2cc(Cl)c(N)c(Cl)c2)cc1. The lowest BCUT2D eigenvalue weighted by Crippen LogP contribution is -2.14. The Hall–Kier alpha value is -1.71. The Morgan fingerprint density at radius 1 is 1.15 bits per heavy atom. The summed E-state index contributed by atoms with van der Waals surface area (Å²) in [6.45, 7) is 2.00. The van der Waals surface area contributed by atoms with Crippen LogP contribution in [0.1, 0.15) is 11.1 Å². The zero-order valence-electron chi connectivity index (χ0n) is 10.9. The molecule has 0 atom stereocenters. The van der Waals surface area contributed by atoms with Crippen LogP contribution in [0.5, 0.6) is 0 Å². The van der Waals surface area contributed by atoms with Crippen LogP contribution in [-0.2, 0) is 11.2 Å². The number of aryl methyl sites for hydroxylation is 1. The van der Waals surface area contributed by atoms with Crippen LogP contribution in [0, 0.1) is 6.92 Å². The van der Waals surface area contributed by atoms with Crippen molar-refractivity contribution in [3.05, 3.63) is 57.6 Å². The average molecular weight is 309 g/mol. The highest BCUT2D eigenvalue weighted by molar-refractivity contribution is 6.39. The molecule has 0 unspecified atom stereocenters. The fraction of sp³-hybridized carbons (Fsp3) is 0.133. The van der Waals surface area contributed by atoms with Gasteiger partial charge in [0.1, 0.15) is 0 Å². The zero-order valence-corrected chi connectivity index (χ0v) is 12.4. The van der Waals surface area contributed by atoms with Gasteiger partial charge in [-0.05, 0) is 24.6 Å². The summed E-state index contributed by atoms with van der Waals surface area (Å²) in [6.07, 6.45) is 0.292. The van der Waals surface area contributed by atoms with Gasteiger partial charge in [0.2, 0.25) is 5.91 Å². The Morgan fingerprint density at radius 3 is 2.25 bits per heavy atom. The number of nitrogen functional groups attached to an aromatic ring is 1. The van der Waals surface area contributed by atoms with Crippen molar-refractivity contribution >= 4 is 40.5 Å². The van der Waals surface area contributed by atoms with Crippen molar-refractivity contribution < 1.29 is 4.79 Å². The van der Waals surface area contributed by atoms with Crippen molar-refractivity contribution in [1.29, 1.82) is 0 Å². The normalized spacial score (nSPS) is 10.3. The van der Waals surface area contributed by atoms with Crippen molar-refractivity contribution in [2.75, 3.05) is 11.1 Å². The topological polar surface area (TPSA) is 55.1 Å².